The first kappa shape index (κ1) is 30.9. The second kappa shape index (κ2) is 13.9. The minimum Gasteiger partial charge on any atom is -0.486 e. The minimum absolute atomic E-state index is 0.0944. The van der Waals surface area contributed by atoms with Crippen molar-refractivity contribution in [3.8, 4) is 17.2 Å². The number of nitrogens with zero attached hydrogens (tertiary/aromatic N) is 2. The number of aryl methyl sites for hydroxylation is 3. The molecule has 2 aromatic heterocycles. The molecule has 0 fully saturated rings. The third kappa shape index (κ3) is 7.26. The van der Waals surface area contributed by atoms with E-state index in [0.717, 1.165) is 39.1 Å². The quantitative estimate of drug-likeness (QED) is 0.114. The molecule has 0 bridgehead atoms. The highest BCUT2D eigenvalue weighted by Crippen LogP contribution is 2.27. The van der Waals surface area contributed by atoms with Crippen LogP contribution in [0.25, 0.3) is 16.5 Å². The number of hydrogen-bond donors (Lipinski definition) is 2. The van der Waals surface area contributed by atoms with Gasteiger partial charge in [0.2, 0.25) is 0 Å². The lowest BCUT2D eigenvalue weighted by atomic mass is 10.0. The van der Waals surface area contributed by atoms with Gasteiger partial charge < -0.3 is 23.8 Å². The summed E-state index contributed by atoms with van der Waals surface area (Å²) in [7, 11) is 0. The van der Waals surface area contributed by atoms with Crippen molar-refractivity contribution in [1.29, 1.82) is 0 Å². The van der Waals surface area contributed by atoms with Gasteiger partial charge >= 0.3 is 5.91 Å². The molecule has 236 valence electrons. The van der Waals surface area contributed by atoms with Crippen LogP contribution in [0, 0.1) is 20.8 Å². The zero-order chi connectivity index (χ0) is 32.8. The van der Waals surface area contributed by atoms with E-state index in [1.807, 2.05) is 85.8 Å². The van der Waals surface area contributed by atoms with Gasteiger partial charge in [-0.3, -0.25) is 9.59 Å². The van der Waals surface area contributed by atoms with Crippen LogP contribution in [0.3, 0.4) is 0 Å². The van der Waals surface area contributed by atoms with Gasteiger partial charge in [0.25, 0.3) is 5.91 Å². The fourth-order valence-corrected chi connectivity index (χ4v) is 5.29. The lowest BCUT2D eigenvalue weighted by Crippen LogP contribution is -2.21. The zero-order valence-electron chi connectivity index (χ0n) is 26.3. The fraction of sp³-hybridized carbons (Fsp3) is 0.132. The first-order chi connectivity index (χ1) is 22.9. The van der Waals surface area contributed by atoms with Crippen LogP contribution >= 0.6 is 0 Å². The maximum Gasteiger partial charge on any atom is 0.307 e. The van der Waals surface area contributed by atoms with E-state index in [-0.39, 0.29) is 24.9 Å². The van der Waals surface area contributed by atoms with Gasteiger partial charge in [0.1, 0.15) is 23.9 Å². The van der Waals surface area contributed by atoms with Gasteiger partial charge in [-0.1, -0.05) is 48.5 Å². The number of benzene rings is 4. The van der Waals surface area contributed by atoms with E-state index in [4.69, 9.17) is 13.9 Å². The lowest BCUT2D eigenvalue weighted by molar-refractivity contribution is -0.118. The third-order valence-electron chi connectivity index (χ3n) is 7.70. The molecule has 0 saturated heterocycles. The maximum atomic E-state index is 12.8. The first-order valence-electron chi connectivity index (χ1n) is 15.2. The zero-order valence-corrected chi connectivity index (χ0v) is 26.3. The molecule has 2 heterocycles. The molecule has 9 heteroatoms. The number of anilines is 1. The predicted octanol–water partition coefficient (Wildman–Crippen LogP) is 7.51. The van der Waals surface area contributed by atoms with Crippen LogP contribution in [-0.2, 0) is 11.4 Å². The van der Waals surface area contributed by atoms with Crippen LogP contribution < -0.4 is 20.2 Å². The van der Waals surface area contributed by atoms with Gasteiger partial charge in [-0.25, -0.2) is 5.43 Å². The Labute approximate surface area is 272 Å². The number of hydrogen-bond acceptors (Lipinski definition) is 6. The highest BCUT2D eigenvalue weighted by atomic mass is 16.5. The van der Waals surface area contributed by atoms with Crippen LogP contribution in [0.4, 0.5) is 5.69 Å². The molecule has 0 spiro atoms. The summed E-state index contributed by atoms with van der Waals surface area (Å²) in [5.74, 6) is 0.913. The van der Waals surface area contributed by atoms with Crippen LogP contribution in [0.5, 0.6) is 11.5 Å². The molecule has 0 aliphatic rings. The summed E-state index contributed by atoms with van der Waals surface area (Å²) in [6.45, 7) is 6.02. The Kier molecular flexibility index (Phi) is 9.15. The summed E-state index contributed by atoms with van der Waals surface area (Å²) in [5, 5.41) is 8.86. The largest absolute Gasteiger partial charge is 0.486 e. The lowest BCUT2D eigenvalue weighted by Gasteiger charge is -2.12. The highest BCUT2D eigenvalue weighted by molar-refractivity contribution is 6.03. The van der Waals surface area contributed by atoms with Crippen LogP contribution in [0.2, 0.25) is 0 Å². The number of carbonyl (C=O) groups is 2. The average molecular weight is 627 g/mol. The fourth-order valence-electron chi connectivity index (χ4n) is 5.29. The topological polar surface area (TPSA) is 107 Å². The molecule has 6 aromatic rings. The molecule has 47 heavy (non-hydrogen) atoms. The van der Waals surface area contributed by atoms with Crippen molar-refractivity contribution < 1.29 is 23.5 Å². The molecule has 2 amide bonds. The Morgan fingerprint density at radius 3 is 2.34 bits per heavy atom. The number of fused-ring (bicyclic) bond motifs is 1. The molecular formula is C38H34N4O5. The molecular weight excluding hydrogens is 592 g/mol. The monoisotopic (exact) mass is 626 g/mol. The number of furan rings is 1. The summed E-state index contributed by atoms with van der Waals surface area (Å²) in [6, 6.07) is 34.2. The van der Waals surface area contributed by atoms with E-state index in [2.05, 4.69) is 46.4 Å². The highest BCUT2D eigenvalue weighted by Gasteiger charge is 2.13. The predicted molar refractivity (Wildman–Crippen MR) is 183 cm³/mol. The van der Waals surface area contributed by atoms with E-state index >= 15 is 0 Å². The van der Waals surface area contributed by atoms with E-state index in [0.29, 0.717) is 22.8 Å². The Bertz CT molecular complexity index is 2050. The number of carbonyl (C=O) groups excluding carboxylic acids is 2. The first-order valence-corrected chi connectivity index (χ1v) is 15.2. The molecule has 6 rings (SSSR count). The Balaban J connectivity index is 1.07. The van der Waals surface area contributed by atoms with Crippen LogP contribution in [-0.4, -0.2) is 29.2 Å². The minimum atomic E-state index is -0.519. The van der Waals surface area contributed by atoms with E-state index in [1.165, 1.54) is 6.21 Å². The number of aromatic nitrogens is 1. The van der Waals surface area contributed by atoms with Crippen molar-refractivity contribution in [2.45, 2.75) is 27.4 Å². The number of para-hydroxylation sites is 1. The Morgan fingerprint density at radius 1 is 0.809 bits per heavy atom. The summed E-state index contributed by atoms with van der Waals surface area (Å²) >= 11 is 0. The molecule has 0 unspecified atom stereocenters. The second-order valence-electron chi connectivity index (χ2n) is 11.0. The number of ether oxygens (including phenoxy) is 2. The summed E-state index contributed by atoms with van der Waals surface area (Å²) in [6.07, 6.45) is 1.50. The maximum absolute atomic E-state index is 12.8. The van der Waals surface area contributed by atoms with Gasteiger partial charge in [-0.2, -0.15) is 5.10 Å². The normalized spacial score (nSPS) is 11.1. The second-order valence-corrected chi connectivity index (χ2v) is 11.0. The van der Waals surface area contributed by atoms with Crippen molar-refractivity contribution in [3.05, 3.63) is 143 Å². The van der Waals surface area contributed by atoms with E-state index < -0.39 is 5.91 Å². The molecule has 0 aliphatic carbocycles. The molecule has 4 aromatic carbocycles. The van der Waals surface area contributed by atoms with Crippen LogP contribution in [0.15, 0.2) is 119 Å². The summed E-state index contributed by atoms with van der Waals surface area (Å²) in [5.41, 5.74) is 8.19. The van der Waals surface area contributed by atoms with Crippen molar-refractivity contribution in [2.24, 2.45) is 5.10 Å². The van der Waals surface area contributed by atoms with Crippen molar-refractivity contribution in [1.82, 2.24) is 9.99 Å². The number of nitrogens with one attached hydrogen (secondary N) is 2. The van der Waals surface area contributed by atoms with Crippen molar-refractivity contribution in [2.75, 3.05) is 11.9 Å². The average Bonchev–Trinajstić information content (AvgIpc) is 3.70. The molecule has 0 aliphatic heterocycles. The molecule has 2 N–H and O–H groups in total. The molecule has 0 saturated carbocycles. The van der Waals surface area contributed by atoms with Crippen LogP contribution in [0.1, 0.15) is 38.8 Å². The van der Waals surface area contributed by atoms with Gasteiger partial charge in [0, 0.05) is 28.3 Å². The third-order valence-corrected chi connectivity index (χ3v) is 7.70. The van der Waals surface area contributed by atoms with Crippen molar-refractivity contribution >= 4 is 34.5 Å². The van der Waals surface area contributed by atoms with E-state index in [9.17, 15) is 9.59 Å². The SMILES string of the molecule is Cc1ccccc1NC(=O)COc1ccc2ccccc2c1/C=N/NC(=O)c1ccc(COc2ccc(-n3c(C)ccc3C)cc2)o1. The standard InChI is InChI=1S/C38H34N4O5/c1-25-8-4-7-11-34(25)40-37(43)24-46-35-20-14-28-9-5-6-10-32(28)33(35)22-39-41-38(44)36-21-19-31(47-36)23-45-30-17-15-29(16-18-30)42-26(2)12-13-27(42)3/h4-22H,23-24H2,1-3H3,(H,40,43)(H,41,44)/b39-22+. The summed E-state index contributed by atoms with van der Waals surface area (Å²) < 4.78 is 19.7. The number of amides is 2. The van der Waals surface area contributed by atoms with Gasteiger partial charge in [-0.15, -0.1) is 0 Å². The smallest absolute Gasteiger partial charge is 0.307 e. The van der Waals surface area contributed by atoms with Gasteiger partial charge in [0.15, 0.2) is 12.4 Å². The molecule has 0 radical (unpaired) electrons. The number of hydrazone groups is 1. The molecule has 0 atom stereocenters. The van der Waals surface area contributed by atoms with Gasteiger partial charge in [0.05, 0.1) is 6.21 Å². The van der Waals surface area contributed by atoms with Crippen molar-refractivity contribution in [3.63, 3.8) is 0 Å². The summed E-state index contributed by atoms with van der Waals surface area (Å²) in [4.78, 5) is 25.5. The van der Waals surface area contributed by atoms with E-state index in [1.54, 1.807) is 18.2 Å². The Morgan fingerprint density at radius 2 is 1.55 bits per heavy atom. The van der Waals surface area contributed by atoms with Gasteiger partial charge in [-0.05, 0) is 97.8 Å². The Hall–Kier alpha value is -6.09. The number of rotatable bonds is 11. The molecule has 9 nitrogen and oxygen atoms in total.